The lowest BCUT2D eigenvalue weighted by molar-refractivity contribution is 0.171. The molecule has 0 spiro atoms. The molecule has 2 N–H and O–H groups in total. The monoisotopic (exact) mass is 183 g/mol. The number of carbonyl (C=O) groups is 1. The highest BCUT2D eigenvalue weighted by atomic mass is 16.2. The van der Waals surface area contributed by atoms with E-state index >= 15 is 0 Å². The van der Waals surface area contributed by atoms with E-state index in [-0.39, 0.29) is 11.6 Å². The molecule has 1 aliphatic rings. The van der Waals surface area contributed by atoms with Gasteiger partial charge in [0.15, 0.2) is 0 Å². The molecule has 0 atom stereocenters. The number of nitrogens with one attached hydrogen (secondary N) is 2. The average molecular weight is 183 g/mol. The number of carbonyl (C=O) groups excluding carboxylic acids is 1. The smallest absolute Gasteiger partial charge is 0.312 e. The van der Waals surface area contributed by atoms with Gasteiger partial charge in [0.1, 0.15) is 11.4 Å². The Hall–Kier alpha value is -1.06. The number of nitrogens with zero attached hydrogens (tertiary/aromatic N) is 1. The molecule has 74 valence electrons. The Balaban J connectivity index is 3.03. The number of rotatable bonds is 3. The number of hydrogen-bond acceptors (Lipinski definition) is 2. The molecule has 0 aromatic rings. The summed E-state index contributed by atoms with van der Waals surface area (Å²) in [6.45, 7) is 6.64. The molecule has 0 radical (unpaired) electrons. The summed E-state index contributed by atoms with van der Waals surface area (Å²) in [4.78, 5) is 13.2. The Kier molecular flexibility index (Phi) is 2.59. The standard InChI is InChI=1S/C9H17N3O/c1-4-9(5-2)7(10)11-8(13)12(9)6-3/h4-6H2,1-3H3,(H2,10,11,13). The largest absolute Gasteiger partial charge is 0.323 e. The normalized spacial score (nSPS) is 20.7. The Labute approximate surface area is 78.8 Å². The van der Waals surface area contributed by atoms with Crippen molar-refractivity contribution in [1.29, 1.82) is 5.41 Å². The minimum atomic E-state index is -0.369. The highest BCUT2D eigenvalue weighted by molar-refractivity contribution is 6.08. The summed E-state index contributed by atoms with van der Waals surface area (Å²) in [5, 5.41) is 10.3. The summed E-state index contributed by atoms with van der Waals surface area (Å²) >= 11 is 0. The SMILES string of the molecule is CCN1C(=O)NC(=N)C1(CC)CC. The molecule has 0 bridgehead atoms. The van der Waals surface area contributed by atoms with Crippen LogP contribution in [0, 0.1) is 5.41 Å². The third-order valence-corrected chi connectivity index (χ3v) is 2.95. The van der Waals surface area contributed by atoms with Crippen LogP contribution < -0.4 is 5.32 Å². The first-order valence-corrected chi connectivity index (χ1v) is 4.80. The second-order valence-electron chi connectivity index (χ2n) is 3.29. The van der Waals surface area contributed by atoms with Crippen LogP contribution in [0.15, 0.2) is 0 Å². The van der Waals surface area contributed by atoms with Gasteiger partial charge in [-0.05, 0) is 19.8 Å². The maximum Gasteiger partial charge on any atom is 0.323 e. The quantitative estimate of drug-likeness (QED) is 0.685. The second kappa shape index (κ2) is 3.36. The second-order valence-corrected chi connectivity index (χ2v) is 3.29. The lowest BCUT2D eigenvalue weighted by Gasteiger charge is -2.34. The van der Waals surface area contributed by atoms with Crippen LogP contribution in [0.5, 0.6) is 0 Å². The third-order valence-electron chi connectivity index (χ3n) is 2.95. The van der Waals surface area contributed by atoms with E-state index in [0.717, 1.165) is 12.8 Å². The van der Waals surface area contributed by atoms with Crippen LogP contribution in [0.3, 0.4) is 0 Å². The maximum atomic E-state index is 11.4. The fourth-order valence-electron chi connectivity index (χ4n) is 2.05. The van der Waals surface area contributed by atoms with E-state index in [2.05, 4.69) is 5.32 Å². The number of amides is 2. The first-order valence-electron chi connectivity index (χ1n) is 4.80. The van der Waals surface area contributed by atoms with Crippen LogP contribution in [-0.2, 0) is 0 Å². The van der Waals surface area contributed by atoms with Crippen LogP contribution in [0.2, 0.25) is 0 Å². The van der Waals surface area contributed by atoms with E-state index in [1.165, 1.54) is 0 Å². The first-order chi connectivity index (χ1) is 6.12. The van der Waals surface area contributed by atoms with Gasteiger partial charge in [-0.3, -0.25) is 10.7 Å². The zero-order valence-electron chi connectivity index (χ0n) is 8.48. The topological polar surface area (TPSA) is 56.2 Å². The van der Waals surface area contributed by atoms with E-state index in [1.807, 2.05) is 20.8 Å². The van der Waals surface area contributed by atoms with Gasteiger partial charge in [-0.15, -0.1) is 0 Å². The summed E-state index contributed by atoms with van der Waals surface area (Å²) < 4.78 is 0. The van der Waals surface area contributed by atoms with Gasteiger partial charge in [0, 0.05) is 6.54 Å². The Morgan fingerprint density at radius 1 is 1.38 bits per heavy atom. The molecule has 0 saturated carbocycles. The highest BCUT2D eigenvalue weighted by Gasteiger charge is 2.46. The molecule has 0 unspecified atom stereocenters. The molecule has 0 aromatic heterocycles. The third kappa shape index (κ3) is 1.20. The van der Waals surface area contributed by atoms with Crippen molar-refractivity contribution in [3.63, 3.8) is 0 Å². The molecular weight excluding hydrogens is 166 g/mol. The van der Waals surface area contributed by atoms with Crippen molar-refractivity contribution in [2.75, 3.05) is 6.54 Å². The van der Waals surface area contributed by atoms with Crippen molar-refractivity contribution in [2.24, 2.45) is 0 Å². The van der Waals surface area contributed by atoms with Gasteiger partial charge < -0.3 is 4.90 Å². The van der Waals surface area contributed by atoms with E-state index in [9.17, 15) is 4.79 Å². The fraction of sp³-hybridized carbons (Fsp3) is 0.778. The van der Waals surface area contributed by atoms with Gasteiger partial charge in [-0.1, -0.05) is 13.8 Å². The van der Waals surface area contributed by atoms with Crippen molar-refractivity contribution in [2.45, 2.75) is 39.2 Å². The molecule has 0 aliphatic carbocycles. The van der Waals surface area contributed by atoms with Gasteiger partial charge in [0.25, 0.3) is 0 Å². The summed E-state index contributed by atoms with van der Waals surface area (Å²) in [6.07, 6.45) is 1.60. The molecule has 4 heteroatoms. The number of hydrogen-bond donors (Lipinski definition) is 2. The predicted octanol–water partition coefficient (Wildman–Crippen LogP) is 1.57. The van der Waals surface area contributed by atoms with E-state index in [1.54, 1.807) is 4.90 Å². The molecular formula is C9H17N3O. The molecule has 0 aromatic carbocycles. The summed E-state index contributed by atoms with van der Waals surface area (Å²) in [5.41, 5.74) is -0.369. The molecule has 13 heavy (non-hydrogen) atoms. The minimum Gasteiger partial charge on any atom is -0.312 e. The van der Waals surface area contributed by atoms with Crippen LogP contribution >= 0.6 is 0 Å². The summed E-state index contributed by atoms with van der Waals surface area (Å²) in [7, 11) is 0. The van der Waals surface area contributed by atoms with Gasteiger partial charge in [-0.2, -0.15) is 0 Å². The van der Waals surface area contributed by atoms with Crippen molar-refractivity contribution in [1.82, 2.24) is 10.2 Å². The Bertz CT molecular complexity index is 233. The van der Waals surface area contributed by atoms with Crippen LogP contribution in [-0.4, -0.2) is 28.9 Å². The van der Waals surface area contributed by atoms with Crippen LogP contribution in [0.25, 0.3) is 0 Å². The van der Waals surface area contributed by atoms with Crippen molar-refractivity contribution >= 4 is 11.9 Å². The first kappa shape index (κ1) is 10.0. The molecule has 1 rings (SSSR count). The van der Waals surface area contributed by atoms with Gasteiger partial charge in [-0.25, -0.2) is 4.79 Å². The fourth-order valence-corrected chi connectivity index (χ4v) is 2.05. The van der Waals surface area contributed by atoms with Crippen molar-refractivity contribution < 1.29 is 4.79 Å². The van der Waals surface area contributed by atoms with E-state index in [4.69, 9.17) is 5.41 Å². The molecule has 1 aliphatic heterocycles. The van der Waals surface area contributed by atoms with Gasteiger partial charge >= 0.3 is 6.03 Å². The number of likely N-dealkylation sites (N-methyl/N-ethyl adjacent to an activating group) is 1. The Morgan fingerprint density at radius 2 is 1.92 bits per heavy atom. The average Bonchev–Trinajstić information content (AvgIpc) is 2.36. The van der Waals surface area contributed by atoms with Crippen LogP contribution in [0.1, 0.15) is 33.6 Å². The molecule has 1 heterocycles. The summed E-state index contributed by atoms with van der Waals surface area (Å²) in [6, 6.07) is -0.129. The lowest BCUT2D eigenvalue weighted by Crippen LogP contribution is -2.48. The Morgan fingerprint density at radius 3 is 2.23 bits per heavy atom. The van der Waals surface area contributed by atoms with E-state index in [0.29, 0.717) is 12.4 Å². The molecule has 1 fully saturated rings. The number of amidine groups is 1. The molecule has 4 nitrogen and oxygen atoms in total. The van der Waals surface area contributed by atoms with Gasteiger partial charge in [0.2, 0.25) is 0 Å². The number of urea groups is 1. The zero-order chi connectivity index (χ0) is 10.1. The molecule has 1 saturated heterocycles. The lowest BCUT2D eigenvalue weighted by atomic mass is 9.91. The highest BCUT2D eigenvalue weighted by Crippen LogP contribution is 2.28. The maximum absolute atomic E-state index is 11.4. The van der Waals surface area contributed by atoms with Gasteiger partial charge in [0.05, 0.1) is 0 Å². The zero-order valence-corrected chi connectivity index (χ0v) is 8.48. The van der Waals surface area contributed by atoms with E-state index < -0.39 is 0 Å². The van der Waals surface area contributed by atoms with Crippen molar-refractivity contribution in [3.05, 3.63) is 0 Å². The van der Waals surface area contributed by atoms with Crippen LogP contribution in [0.4, 0.5) is 4.79 Å². The predicted molar refractivity (Wildman–Crippen MR) is 52.0 cm³/mol. The van der Waals surface area contributed by atoms with Crippen molar-refractivity contribution in [3.8, 4) is 0 Å². The molecule has 2 amide bonds. The minimum absolute atomic E-state index is 0.129. The summed E-state index contributed by atoms with van der Waals surface area (Å²) in [5.74, 6) is 0.351.